The van der Waals surface area contributed by atoms with Crippen LogP contribution in [0.2, 0.25) is 5.02 Å². The highest BCUT2D eigenvalue weighted by Gasteiger charge is 2.20. The van der Waals surface area contributed by atoms with Gasteiger partial charge < -0.3 is 15.0 Å². The van der Waals surface area contributed by atoms with Gasteiger partial charge in [-0.3, -0.25) is 9.69 Å². The van der Waals surface area contributed by atoms with E-state index in [1.165, 1.54) is 18.2 Å². The molecular weight excluding hydrogens is 380 g/mol. The van der Waals surface area contributed by atoms with Gasteiger partial charge in [-0.25, -0.2) is 9.97 Å². The predicted molar refractivity (Wildman–Crippen MR) is 97.4 cm³/mol. The lowest BCUT2D eigenvalue weighted by Gasteiger charge is -2.34. The topological polar surface area (TPSA) is 70.6 Å². The van der Waals surface area contributed by atoms with Crippen LogP contribution in [0, 0.1) is 0 Å². The molecule has 0 atom stereocenters. The number of ether oxygens (including phenoxy) is 1. The summed E-state index contributed by atoms with van der Waals surface area (Å²) in [7, 11) is 0. The molecule has 0 spiro atoms. The van der Waals surface area contributed by atoms with E-state index in [0.717, 1.165) is 13.1 Å². The number of hydrogen-bond acceptors (Lipinski definition) is 6. The van der Waals surface area contributed by atoms with Crippen LogP contribution < -0.4 is 15.0 Å². The van der Waals surface area contributed by atoms with E-state index < -0.39 is 6.61 Å². The van der Waals surface area contributed by atoms with Crippen molar-refractivity contribution in [3.8, 4) is 5.75 Å². The molecule has 2 aromatic rings. The minimum absolute atomic E-state index is 0.00424. The van der Waals surface area contributed by atoms with Gasteiger partial charge in [-0.05, 0) is 24.3 Å². The van der Waals surface area contributed by atoms with Gasteiger partial charge in [0.25, 0.3) is 0 Å². The number of alkyl halides is 2. The summed E-state index contributed by atoms with van der Waals surface area (Å²) < 4.78 is 28.8. The number of nitrogens with one attached hydrogen (secondary N) is 1. The van der Waals surface area contributed by atoms with E-state index >= 15 is 0 Å². The summed E-state index contributed by atoms with van der Waals surface area (Å²) >= 11 is 5.89. The molecule has 1 N–H and O–H groups in total. The van der Waals surface area contributed by atoms with Crippen molar-refractivity contribution in [3.63, 3.8) is 0 Å². The van der Waals surface area contributed by atoms with Crippen LogP contribution in [0.25, 0.3) is 0 Å². The third-order valence-corrected chi connectivity index (χ3v) is 4.30. The van der Waals surface area contributed by atoms with E-state index in [1.54, 1.807) is 18.5 Å². The summed E-state index contributed by atoms with van der Waals surface area (Å²) in [6, 6.07) is 5.90. The second kappa shape index (κ2) is 8.92. The Kier molecular flexibility index (Phi) is 6.36. The third kappa shape index (κ3) is 5.48. The average molecular weight is 398 g/mol. The van der Waals surface area contributed by atoms with E-state index in [1.807, 2.05) is 4.90 Å². The quantitative estimate of drug-likeness (QED) is 0.807. The molecule has 1 aromatic heterocycles. The summed E-state index contributed by atoms with van der Waals surface area (Å²) in [6.07, 6.45) is 3.40. The standard InChI is InChI=1S/C17H18ClF2N5O2/c18-13-10-12(2-3-14(13)27-16(19)20)23-15(26)11-24-6-8-25(9-7-24)17-21-4-1-5-22-17/h1-5,10,16H,6-9,11H2,(H,23,26). The molecular formula is C17H18ClF2N5O2. The Morgan fingerprint density at radius 2 is 1.93 bits per heavy atom. The number of carbonyl (C=O) groups excluding carboxylic acids is 1. The lowest BCUT2D eigenvalue weighted by Crippen LogP contribution is -2.49. The van der Waals surface area contributed by atoms with E-state index in [9.17, 15) is 13.6 Å². The fraction of sp³-hybridized carbons (Fsp3) is 0.353. The minimum Gasteiger partial charge on any atom is -0.433 e. The van der Waals surface area contributed by atoms with Gasteiger partial charge in [-0.1, -0.05) is 11.6 Å². The first kappa shape index (κ1) is 19.2. The van der Waals surface area contributed by atoms with Crippen molar-refractivity contribution in [1.82, 2.24) is 14.9 Å². The number of piperazine rings is 1. The summed E-state index contributed by atoms with van der Waals surface area (Å²) in [4.78, 5) is 24.8. The first-order valence-electron chi connectivity index (χ1n) is 8.30. The number of anilines is 2. The van der Waals surface area contributed by atoms with Gasteiger partial charge in [-0.15, -0.1) is 0 Å². The largest absolute Gasteiger partial charge is 0.433 e. The molecule has 0 radical (unpaired) electrons. The zero-order valence-electron chi connectivity index (χ0n) is 14.3. The summed E-state index contributed by atoms with van der Waals surface area (Å²) in [5.41, 5.74) is 0.419. The molecule has 10 heteroatoms. The normalized spacial score (nSPS) is 15.0. The maximum atomic E-state index is 12.2. The summed E-state index contributed by atoms with van der Waals surface area (Å²) in [5, 5.41) is 2.71. The number of benzene rings is 1. The molecule has 0 bridgehead atoms. The van der Waals surface area contributed by atoms with Crippen molar-refractivity contribution < 1.29 is 18.3 Å². The van der Waals surface area contributed by atoms with Gasteiger partial charge in [0.15, 0.2) is 0 Å². The van der Waals surface area contributed by atoms with Crippen LogP contribution in [0.5, 0.6) is 5.75 Å². The number of carbonyl (C=O) groups is 1. The molecule has 0 unspecified atom stereocenters. The van der Waals surface area contributed by atoms with Crippen molar-refractivity contribution in [3.05, 3.63) is 41.7 Å². The lowest BCUT2D eigenvalue weighted by atomic mass is 10.3. The van der Waals surface area contributed by atoms with E-state index in [4.69, 9.17) is 11.6 Å². The number of amides is 1. The van der Waals surface area contributed by atoms with E-state index in [2.05, 4.69) is 24.9 Å². The first-order chi connectivity index (χ1) is 13.0. The molecule has 0 saturated carbocycles. The molecule has 7 nitrogen and oxygen atoms in total. The Hall–Kier alpha value is -2.52. The summed E-state index contributed by atoms with van der Waals surface area (Å²) in [5.74, 6) is 0.337. The molecule has 1 aromatic carbocycles. The molecule has 1 fully saturated rings. The lowest BCUT2D eigenvalue weighted by molar-refractivity contribution is -0.117. The number of aromatic nitrogens is 2. The molecule has 1 amide bonds. The first-order valence-corrected chi connectivity index (χ1v) is 8.67. The molecule has 1 aliphatic heterocycles. The second-order valence-corrected chi connectivity index (χ2v) is 6.29. The second-order valence-electron chi connectivity index (χ2n) is 5.88. The van der Waals surface area contributed by atoms with Crippen molar-refractivity contribution in [1.29, 1.82) is 0 Å². The Bertz CT molecular complexity index is 773. The van der Waals surface area contributed by atoms with Crippen LogP contribution in [0.3, 0.4) is 0 Å². The van der Waals surface area contributed by atoms with Crippen molar-refractivity contribution in [2.24, 2.45) is 0 Å². The van der Waals surface area contributed by atoms with E-state index in [0.29, 0.717) is 24.7 Å². The van der Waals surface area contributed by atoms with Crippen LogP contribution in [-0.4, -0.2) is 60.1 Å². The average Bonchev–Trinajstić information content (AvgIpc) is 2.65. The molecule has 1 aliphatic rings. The Balaban J connectivity index is 1.48. The third-order valence-electron chi connectivity index (χ3n) is 4.01. The number of hydrogen-bond donors (Lipinski definition) is 1. The Morgan fingerprint density at radius 3 is 2.56 bits per heavy atom. The monoisotopic (exact) mass is 397 g/mol. The molecule has 1 saturated heterocycles. The number of halogens is 3. The molecule has 0 aliphatic carbocycles. The minimum atomic E-state index is -2.96. The maximum absolute atomic E-state index is 12.2. The van der Waals surface area contributed by atoms with Crippen molar-refractivity contribution in [2.45, 2.75) is 6.61 Å². The molecule has 3 rings (SSSR count). The SMILES string of the molecule is O=C(CN1CCN(c2ncccn2)CC1)Nc1ccc(OC(F)F)c(Cl)c1. The Labute approximate surface area is 159 Å². The van der Waals surface area contributed by atoms with E-state index in [-0.39, 0.29) is 23.2 Å². The molecule has 27 heavy (non-hydrogen) atoms. The zero-order chi connectivity index (χ0) is 19.2. The molecule has 2 heterocycles. The van der Waals surface area contributed by atoms with Crippen LogP contribution >= 0.6 is 11.6 Å². The highest BCUT2D eigenvalue weighted by Crippen LogP contribution is 2.28. The van der Waals surface area contributed by atoms with Crippen LogP contribution in [0.4, 0.5) is 20.4 Å². The highest BCUT2D eigenvalue weighted by atomic mass is 35.5. The van der Waals surface area contributed by atoms with Gasteiger partial charge in [0.05, 0.1) is 11.6 Å². The van der Waals surface area contributed by atoms with Gasteiger partial charge in [-0.2, -0.15) is 8.78 Å². The predicted octanol–water partition coefficient (Wildman–Crippen LogP) is 2.49. The number of rotatable bonds is 6. The fourth-order valence-electron chi connectivity index (χ4n) is 2.73. The van der Waals surface area contributed by atoms with Gasteiger partial charge >= 0.3 is 6.61 Å². The highest BCUT2D eigenvalue weighted by molar-refractivity contribution is 6.32. The van der Waals surface area contributed by atoms with Crippen molar-refractivity contribution >= 4 is 29.1 Å². The smallest absolute Gasteiger partial charge is 0.387 e. The van der Waals surface area contributed by atoms with Gasteiger partial charge in [0, 0.05) is 44.3 Å². The fourth-order valence-corrected chi connectivity index (χ4v) is 2.96. The van der Waals surface area contributed by atoms with Crippen LogP contribution in [-0.2, 0) is 4.79 Å². The van der Waals surface area contributed by atoms with Gasteiger partial charge in [0.1, 0.15) is 5.75 Å². The Morgan fingerprint density at radius 1 is 1.22 bits per heavy atom. The number of nitrogens with zero attached hydrogens (tertiary/aromatic N) is 4. The summed E-state index contributed by atoms with van der Waals surface area (Å²) in [6.45, 7) is 0.117. The van der Waals surface area contributed by atoms with Gasteiger partial charge in [0.2, 0.25) is 11.9 Å². The zero-order valence-corrected chi connectivity index (χ0v) is 15.1. The van der Waals surface area contributed by atoms with Crippen LogP contribution in [0.1, 0.15) is 0 Å². The van der Waals surface area contributed by atoms with Crippen LogP contribution in [0.15, 0.2) is 36.7 Å². The van der Waals surface area contributed by atoms with Crippen molar-refractivity contribution in [2.75, 3.05) is 42.9 Å². The maximum Gasteiger partial charge on any atom is 0.387 e. The molecule has 144 valence electrons.